The summed E-state index contributed by atoms with van der Waals surface area (Å²) >= 11 is 0. The van der Waals surface area contributed by atoms with E-state index in [9.17, 15) is 13.2 Å². The van der Waals surface area contributed by atoms with E-state index >= 15 is 0 Å². The molecular weight excluding hydrogens is 265 g/mol. The van der Waals surface area contributed by atoms with E-state index in [-0.39, 0.29) is 12.8 Å². The van der Waals surface area contributed by atoms with Crippen molar-refractivity contribution in [2.45, 2.75) is 57.7 Å². The van der Waals surface area contributed by atoms with Gasteiger partial charge < -0.3 is 10.2 Å². The van der Waals surface area contributed by atoms with Crippen LogP contribution in [0.15, 0.2) is 0 Å². The average Bonchev–Trinajstić information content (AvgIpc) is 2.91. The summed E-state index contributed by atoms with van der Waals surface area (Å²) in [5, 5.41) is 3.55. The SMILES string of the molecule is CCNC(CN1CCC(C(F)(F)F)CC1)C1CCCC1. The molecule has 5 heteroatoms. The van der Waals surface area contributed by atoms with Gasteiger partial charge in [0.1, 0.15) is 0 Å². The molecule has 1 saturated heterocycles. The fourth-order valence-corrected chi connectivity index (χ4v) is 3.72. The number of hydrogen-bond acceptors (Lipinski definition) is 2. The molecule has 2 aliphatic rings. The maximum atomic E-state index is 12.7. The van der Waals surface area contributed by atoms with Gasteiger partial charge in [-0.2, -0.15) is 13.2 Å². The molecule has 1 unspecified atom stereocenters. The molecule has 0 amide bonds. The standard InChI is InChI=1S/C15H27F3N2/c1-2-19-14(12-5-3-4-6-12)11-20-9-7-13(8-10-20)15(16,17)18/h12-14,19H,2-11H2,1H3. The minimum absolute atomic E-state index is 0.271. The van der Waals surface area contributed by atoms with E-state index in [1.807, 2.05) is 0 Å². The van der Waals surface area contributed by atoms with Crippen molar-refractivity contribution in [2.75, 3.05) is 26.2 Å². The zero-order chi connectivity index (χ0) is 14.6. The Morgan fingerprint density at radius 1 is 1.10 bits per heavy atom. The number of hydrogen-bond donors (Lipinski definition) is 1. The third kappa shape index (κ3) is 4.35. The summed E-state index contributed by atoms with van der Waals surface area (Å²) in [7, 11) is 0. The van der Waals surface area contributed by atoms with Crippen molar-refractivity contribution in [1.82, 2.24) is 10.2 Å². The fraction of sp³-hybridized carbons (Fsp3) is 1.00. The molecule has 2 rings (SSSR count). The van der Waals surface area contributed by atoms with Crippen LogP contribution in [0.4, 0.5) is 13.2 Å². The molecule has 1 aliphatic carbocycles. The van der Waals surface area contributed by atoms with Crippen LogP contribution in [-0.4, -0.2) is 43.3 Å². The molecule has 1 aliphatic heterocycles. The molecule has 0 spiro atoms. The first kappa shape index (κ1) is 16.1. The van der Waals surface area contributed by atoms with Gasteiger partial charge in [-0.1, -0.05) is 19.8 Å². The number of likely N-dealkylation sites (tertiary alicyclic amines) is 1. The van der Waals surface area contributed by atoms with Crippen molar-refractivity contribution in [3.8, 4) is 0 Å². The Bertz CT molecular complexity index is 279. The minimum atomic E-state index is -4.00. The van der Waals surface area contributed by atoms with Crippen molar-refractivity contribution in [3.05, 3.63) is 0 Å². The second kappa shape index (κ2) is 7.12. The summed E-state index contributed by atoms with van der Waals surface area (Å²) in [5.41, 5.74) is 0. The highest BCUT2D eigenvalue weighted by molar-refractivity contribution is 4.85. The second-order valence-corrected chi connectivity index (χ2v) is 6.33. The fourth-order valence-electron chi connectivity index (χ4n) is 3.72. The zero-order valence-corrected chi connectivity index (χ0v) is 12.4. The third-order valence-corrected chi connectivity index (χ3v) is 4.94. The normalized spacial score (nSPS) is 25.2. The monoisotopic (exact) mass is 292 g/mol. The highest BCUT2D eigenvalue weighted by atomic mass is 19.4. The molecule has 2 nitrogen and oxygen atoms in total. The number of nitrogens with zero attached hydrogens (tertiary/aromatic N) is 1. The molecule has 0 bridgehead atoms. The van der Waals surface area contributed by atoms with Crippen molar-refractivity contribution < 1.29 is 13.2 Å². The number of nitrogens with one attached hydrogen (secondary N) is 1. The van der Waals surface area contributed by atoms with E-state index in [0.717, 1.165) is 19.0 Å². The molecule has 20 heavy (non-hydrogen) atoms. The average molecular weight is 292 g/mol. The van der Waals surface area contributed by atoms with Crippen molar-refractivity contribution in [2.24, 2.45) is 11.8 Å². The van der Waals surface area contributed by atoms with Gasteiger partial charge in [-0.15, -0.1) is 0 Å². The molecule has 118 valence electrons. The van der Waals surface area contributed by atoms with Gasteiger partial charge in [0.2, 0.25) is 0 Å². The van der Waals surface area contributed by atoms with Crippen LogP contribution < -0.4 is 5.32 Å². The summed E-state index contributed by atoms with van der Waals surface area (Å²) in [6, 6.07) is 0.463. The van der Waals surface area contributed by atoms with E-state index in [1.54, 1.807) is 0 Å². The number of piperidine rings is 1. The van der Waals surface area contributed by atoms with Gasteiger partial charge in [-0.25, -0.2) is 0 Å². The predicted octanol–water partition coefficient (Wildman–Crippen LogP) is 3.43. The van der Waals surface area contributed by atoms with Crippen LogP contribution >= 0.6 is 0 Å². The van der Waals surface area contributed by atoms with Gasteiger partial charge in [0, 0.05) is 12.6 Å². The highest BCUT2D eigenvalue weighted by Crippen LogP contribution is 2.34. The molecule has 1 saturated carbocycles. The predicted molar refractivity (Wildman–Crippen MR) is 74.6 cm³/mol. The van der Waals surface area contributed by atoms with E-state index in [2.05, 4.69) is 17.1 Å². The number of rotatable bonds is 5. The van der Waals surface area contributed by atoms with Gasteiger partial charge in [0.25, 0.3) is 0 Å². The van der Waals surface area contributed by atoms with Crippen LogP contribution in [0.1, 0.15) is 45.4 Å². The minimum Gasteiger partial charge on any atom is -0.313 e. The van der Waals surface area contributed by atoms with Gasteiger partial charge in [-0.3, -0.25) is 0 Å². The van der Waals surface area contributed by atoms with Gasteiger partial charge in [0.15, 0.2) is 0 Å². The maximum Gasteiger partial charge on any atom is 0.391 e. The lowest BCUT2D eigenvalue weighted by atomic mass is 9.93. The summed E-state index contributed by atoms with van der Waals surface area (Å²) in [6.45, 7) is 5.17. The first-order valence-corrected chi connectivity index (χ1v) is 8.03. The summed E-state index contributed by atoms with van der Waals surface area (Å²) in [4.78, 5) is 2.23. The first-order chi connectivity index (χ1) is 9.50. The van der Waals surface area contributed by atoms with Crippen LogP contribution in [0.2, 0.25) is 0 Å². The Labute approximate surface area is 120 Å². The Morgan fingerprint density at radius 3 is 2.20 bits per heavy atom. The Balaban J connectivity index is 1.80. The third-order valence-electron chi connectivity index (χ3n) is 4.94. The number of alkyl halides is 3. The molecule has 2 fully saturated rings. The smallest absolute Gasteiger partial charge is 0.313 e. The first-order valence-electron chi connectivity index (χ1n) is 8.03. The highest BCUT2D eigenvalue weighted by Gasteiger charge is 2.41. The molecular formula is C15H27F3N2. The second-order valence-electron chi connectivity index (χ2n) is 6.33. The van der Waals surface area contributed by atoms with Crippen LogP contribution in [0.3, 0.4) is 0 Å². The molecule has 1 N–H and O–H groups in total. The quantitative estimate of drug-likeness (QED) is 0.835. The molecule has 0 radical (unpaired) electrons. The topological polar surface area (TPSA) is 15.3 Å². The molecule has 1 heterocycles. The van der Waals surface area contributed by atoms with Crippen LogP contribution in [0.5, 0.6) is 0 Å². The van der Waals surface area contributed by atoms with E-state index in [0.29, 0.717) is 19.1 Å². The number of halogens is 3. The van der Waals surface area contributed by atoms with Crippen molar-refractivity contribution in [1.29, 1.82) is 0 Å². The van der Waals surface area contributed by atoms with Gasteiger partial charge in [0.05, 0.1) is 5.92 Å². The number of likely N-dealkylation sites (N-methyl/N-ethyl adjacent to an activating group) is 1. The van der Waals surface area contributed by atoms with Crippen LogP contribution in [0, 0.1) is 11.8 Å². The molecule has 0 aromatic heterocycles. The summed E-state index contributed by atoms with van der Waals surface area (Å²) in [6.07, 6.45) is 1.71. The molecule has 0 aromatic rings. The van der Waals surface area contributed by atoms with Gasteiger partial charge >= 0.3 is 6.18 Å². The summed E-state index contributed by atoms with van der Waals surface area (Å²) < 4.78 is 38.0. The Kier molecular flexibility index (Phi) is 5.73. The Morgan fingerprint density at radius 2 is 1.70 bits per heavy atom. The Hall–Kier alpha value is -0.290. The van der Waals surface area contributed by atoms with Gasteiger partial charge in [-0.05, 0) is 51.2 Å². The molecule has 0 aromatic carbocycles. The summed E-state index contributed by atoms with van der Waals surface area (Å²) in [5.74, 6) is -0.363. The van der Waals surface area contributed by atoms with Crippen molar-refractivity contribution >= 4 is 0 Å². The van der Waals surface area contributed by atoms with E-state index < -0.39 is 12.1 Å². The van der Waals surface area contributed by atoms with E-state index in [1.165, 1.54) is 25.7 Å². The lowest BCUT2D eigenvalue weighted by Crippen LogP contribution is -2.48. The maximum absolute atomic E-state index is 12.7. The lowest BCUT2D eigenvalue weighted by molar-refractivity contribution is -0.185. The largest absolute Gasteiger partial charge is 0.391 e. The van der Waals surface area contributed by atoms with Crippen LogP contribution in [0.25, 0.3) is 0 Å². The van der Waals surface area contributed by atoms with Crippen LogP contribution in [-0.2, 0) is 0 Å². The zero-order valence-electron chi connectivity index (χ0n) is 12.4. The van der Waals surface area contributed by atoms with Crippen molar-refractivity contribution in [3.63, 3.8) is 0 Å². The van der Waals surface area contributed by atoms with E-state index in [4.69, 9.17) is 0 Å². The lowest BCUT2D eigenvalue weighted by Gasteiger charge is -2.36. The molecule has 1 atom stereocenters.